The van der Waals surface area contributed by atoms with Gasteiger partial charge in [-0.2, -0.15) is 0 Å². The van der Waals surface area contributed by atoms with Crippen LogP contribution in [0, 0.1) is 0 Å². The molecule has 0 radical (unpaired) electrons. The van der Waals surface area contributed by atoms with E-state index in [0.29, 0.717) is 58.5 Å². The Morgan fingerprint density at radius 3 is 1.16 bits per heavy atom. The van der Waals surface area contributed by atoms with Gasteiger partial charge in [0.25, 0.3) is 0 Å². The number of para-hydroxylation sites is 4. The molecule has 0 unspecified atom stereocenters. The van der Waals surface area contributed by atoms with E-state index in [0.717, 1.165) is 93.3 Å². The molecule has 4 N–H and O–H groups in total. The predicted octanol–water partition coefficient (Wildman–Crippen LogP) is 5.65. The fourth-order valence-corrected chi connectivity index (χ4v) is 6.35. The molecule has 0 fully saturated rings. The summed E-state index contributed by atoms with van der Waals surface area (Å²) in [5.74, 6) is 3.55. The highest BCUT2D eigenvalue weighted by atomic mass is 16.5. The minimum absolute atomic E-state index is 0.259. The first-order chi connectivity index (χ1) is 24.0. The molecular weight excluding hydrogens is 616 g/mol. The van der Waals surface area contributed by atoms with Gasteiger partial charge in [-0.15, -0.1) is 0 Å². The lowest BCUT2D eigenvalue weighted by molar-refractivity contribution is -0.368. The average molecular weight is 667 g/mol. The SMILES string of the molecule is CCCOc1c2cccc1Cc1cccc(c1OCCCNC(=O)[O-])Cc1cccc(c1OCCC)Cc1cccc(c1OCCC[NH3+])C2. The highest BCUT2D eigenvalue weighted by Gasteiger charge is 2.21. The lowest BCUT2D eigenvalue weighted by atomic mass is 9.91. The quantitative estimate of drug-likeness (QED) is 0.140. The van der Waals surface area contributed by atoms with Crippen LogP contribution in [0.4, 0.5) is 4.79 Å². The van der Waals surface area contributed by atoms with Crippen molar-refractivity contribution in [3.63, 3.8) is 0 Å². The fraction of sp³-hybridized carbons (Fsp3) is 0.390. The number of ether oxygens (including phenoxy) is 4. The molecule has 5 rings (SSSR count). The number of amides is 1. The van der Waals surface area contributed by atoms with E-state index >= 15 is 0 Å². The molecule has 1 aliphatic carbocycles. The Morgan fingerprint density at radius 2 is 0.878 bits per heavy atom. The molecule has 8 bridgehead atoms. The molecule has 1 aliphatic rings. The zero-order valence-corrected chi connectivity index (χ0v) is 29.0. The predicted molar refractivity (Wildman–Crippen MR) is 190 cm³/mol. The van der Waals surface area contributed by atoms with E-state index in [2.05, 4.69) is 97.7 Å². The van der Waals surface area contributed by atoms with Crippen LogP contribution in [0.1, 0.15) is 84.0 Å². The summed E-state index contributed by atoms with van der Waals surface area (Å²) in [6.45, 7) is 7.50. The smallest absolute Gasteiger partial charge is 0.134 e. The molecule has 8 heteroatoms. The van der Waals surface area contributed by atoms with Crippen molar-refractivity contribution in [3.05, 3.63) is 117 Å². The largest absolute Gasteiger partial charge is 0.530 e. The summed E-state index contributed by atoms with van der Waals surface area (Å²) in [6, 6.07) is 25.6. The van der Waals surface area contributed by atoms with Gasteiger partial charge in [-0.1, -0.05) is 86.6 Å². The van der Waals surface area contributed by atoms with Crippen molar-refractivity contribution in [2.24, 2.45) is 0 Å². The molecule has 8 nitrogen and oxygen atoms in total. The first kappa shape index (κ1) is 35.6. The van der Waals surface area contributed by atoms with Crippen LogP contribution in [-0.4, -0.2) is 45.6 Å². The summed E-state index contributed by atoms with van der Waals surface area (Å²) in [6.07, 6.45) is 4.45. The van der Waals surface area contributed by atoms with E-state index < -0.39 is 6.09 Å². The molecule has 260 valence electrons. The number of fused-ring (bicyclic) bond motifs is 8. The number of quaternary nitrogens is 1. The van der Waals surface area contributed by atoms with Crippen LogP contribution in [0.2, 0.25) is 0 Å². The minimum atomic E-state index is -1.28. The van der Waals surface area contributed by atoms with E-state index in [1.807, 2.05) is 0 Å². The molecule has 0 aromatic heterocycles. The molecule has 0 saturated carbocycles. The van der Waals surface area contributed by atoms with Gasteiger partial charge in [-0.25, -0.2) is 0 Å². The van der Waals surface area contributed by atoms with Crippen LogP contribution in [0.3, 0.4) is 0 Å². The summed E-state index contributed by atoms with van der Waals surface area (Å²) < 4.78 is 26.2. The van der Waals surface area contributed by atoms with E-state index in [1.54, 1.807) is 0 Å². The molecular formula is C41H50N2O6. The maximum Gasteiger partial charge on any atom is 0.134 e. The maximum atomic E-state index is 10.9. The second-order valence-corrected chi connectivity index (χ2v) is 12.5. The monoisotopic (exact) mass is 666 g/mol. The summed E-state index contributed by atoms with van der Waals surface area (Å²) in [5, 5.41) is 13.3. The topological polar surface area (TPSA) is 117 Å². The Kier molecular flexibility index (Phi) is 13.2. The highest BCUT2D eigenvalue weighted by Crippen LogP contribution is 2.39. The molecule has 0 saturated heterocycles. The molecule has 0 atom stereocenters. The average Bonchev–Trinajstić information content (AvgIpc) is 3.09. The number of rotatable bonds is 15. The van der Waals surface area contributed by atoms with Crippen molar-refractivity contribution >= 4 is 6.09 Å². The van der Waals surface area contributed by atoms with E-state index in [9.17, 15) is 9.90 Å². The van der Waals surface area contributed by atoms with Gasteiger partial charge in [0.05, 0.1) is 33.0 Å². The van der Waals surface area contributed by atoms with E-state index in [-0.39, 0.29) is 6.54 Å². The molecule has 49 heavy (non-hydrogen) atoms. The molecule has 4 aromatic rings. The van der Waals surface area contributed by atoms with Gasteiger partial charge in [-0.3, -0.25) is 0 Å². The summed E-state index contributed by atoms with van der Waals surface area (Å²) in [7, 11) is 0. The normalized spacial score (nSPS) is 12.2. The van der Waals surface area contributed by atoms with Crippen LogP contribution < -0.4 is 35.1 Å². The van der Waals surface area contributed by atoms with Gasteiger partial charge in [0, 0.05) is 38.6 Å². The summed E-state index contributed by atoms with van der Waals surface area (Å²) in [4.78, 5) is 10.9. The number of hydrogen-bond donors (Lipinski definition) is 2. The zero-order valence-electron chi connectivity index (χ0n) is 29.0. The third kappa shape index (κ3) is 9.48. The Morgan fingerprint density at radius 1 is 0.571 bits per heavy atom. The van der Waals surface area contributed by atoms with E-state index in [1.165, 1.54) is 0 Å². The number of hydrogen-bond acceptors (Lipinski definition) is 6. The Balaban J connectivity index is 1.67. The third-order valence-corrected chi connectivity index (χ3v) is 8.61. The number of carbonyl (C=O) groups is 1. The van der Waals surface area contributed by atoms with Crippen LogP contribution in [0.15, 0.2) is 72.8 Å². The van der Waals surface area contributed by atoms with Crippen molar-refractivity contribution in [1.82, 2.24) is 5.32 Å². The Labute approximate surface area is 290 Å². The zero-order chi connectivity index (χ0) is 34.4. The number of benzene rings is 4. The van der Waals surface area contributed by atoms with Crippen molar-refractivity contribution in [1.29, 1.82) is 0 Å². The van der Waals surface area contributed by atoms with Gasteiger partial charge in [0.15, 0.2) is 0 Å². The number of nitrogens with one attached hydrogen (secondary N) is 1. The van der Waals surface area contributed by atoms with Crippen molar-refractivity contribution < 1.29 is 34.6 Å². The van der Waals surface area contributed by atoms with Crippen LogP contribution >= 0.6 is 0 Å². The molecule has 1 amide bonds. The lowest BCUT2D eigenvalue weighted by Crippen LogP contribution is -2.50. The Hall–Kier alpha value is -4.69. The van der Waals surface area contributed by atoms with Gasteiger partial charge >= 0.3 is 0 Å². The molecule has 0 heterocycles. The van der Waals surface area contributed by atoms with Crippen molar-refractivity contribution in [3.8, 4) is 23.0 Å². The van der Waals surface area contributed by atoms with E-state index in [4.69, 9.17) is 18.9 Å². The maximum absolute atomic E-state index is 10.9. The summed E-state index contributed by atoms with van der Waals surface area (Å²) >= 11 is 0. The summed E-state index contributed by atoms with van der Waals surface area (Å²) in [5.41, 5.74) is 12.7. The third-order valence-electron chi connectivity index (χ3n) is 8.61. The first-order valence-electron chi connectivity index (χ1n) is 17.7. The molecule has 0 spiro atoms. The highest BCUT2D eigenvalue weighted by molar-refractivity contribution is 5.61. The lowest BCUT2D eigenvalue weighted by Gasteiger charge is -2.22. The van der Waals surface area contributed by atoms with Crippen LogP contribution in [0.5, 0.6) is 23.0 Å². The van der Waals surface area contributed by atoms with Gasteiger partial charge in [-0.05, 0) is 63.8 Å². The second-order valence-electron chi connectivity index (χ2n) is 12.5. The van der Waals surface area contributed by atoms with Crippen molar-refractivity contribution in [2.45, 2.75) is 65.2 Å². The van der Waals surface area contributed by atoms with Crippen LogP contribution in [-0.2, 0) is 25.7 Å². The van der Waals surface area contributed by atoms with Gasteiger partial charge < -0.3 is 39.9 Å². The Bertz CT molecular complexity index is 1590. The minimum Gasteiger partial charge on any atom is -0.530 e. The number of carboxylic acid groups (broad SMARTS) is 1. The second kappa shape index (κ2) is 18.2. The first-order valence-corrected chi connectivity index (χ1v) is 17.7. The van der Waals surface area contributed by atoms with Gasteiger partial charge in [0.2, 0.25) is 0 Å². The van der Waals surface area contributed by atoms with Crippen molar-refractivity contribution in [2.75, 3.05) is 39.5 Å². The fourth-order valence-electron chi connectivity index (χ4n) is 6.35. The number of carbonyl (C=O) groups excluding carboxylic acids is 1. The van der Waals surface area contributed by atoms with Crippen LogP contribution in [0.25, 0.3) is 0 Å². The molecule has 0 aliphatic heterocycles. The standard InChI is InChI=1S/C41H50N2O6/c1-3-21-46-37-29-11-5-13-31(37)27-35-17-8-18-36(40(35)49-24-10-20-43-41(44)45)28-32-14-6-12-30(38(32)47-22-4-2)26-34-16-7-15-33(25-29)39(34)48-23-9-19-42/h5-8,11-18,43H,3-4,9-10,19-28,42H2,1-2H3,(H,44,45). The molecule has 4 aromatic carbocycles. The van der Waals surface area contributed by atoms with Gasteiger partial charge in [0.1, 0.15) is 29.1 Å².